The molecule has 0 aliphatic rings. The average Bonchev–Trinajstić information content (AvgIpc) is 2.15. The molecule has 0 bridgehead atoms. The molecular weight excluding hydrogens is 192 g/mol. The van der Waals surface area contributed by atoms with Crippen LogP contribution in [0.5, 0.6) is 0 Å². The zero-order valence-electron chi connectivity index (χ0n) is 10.2. The lowest BCUT2D eigenvalue weighted by Gasteiger charge is -2.21. The first-order valence-corrected chi connectivity index (χ1v) is 5.63. The van der Waals surface area contributed by atoms with Crippen LogP contribution in [-0.4, -0.2) is 31.2 Å². The number of hydrogen-bond acceptors (Lipinski definition) is 3. The van der Waals surface area contributed by atoms with Crippen LogP contribution in [0.4, 0.5) is 0 Å². The number of nitrogens with one attached hydrogen (secondary N) is 1. The van der Waals surface area contributed by atoms with Gasteiger partial charge in [-0.2, -0.15) is 0 Å². The Morgan fingerprint density at radius 3 is 2.40 bits per heavy atom. The first kappa shape index (κ1) is 14.4. The number of carbonyl (C=O) groups excluding carboxylic acids is 1. The van der Waals surface area contributed by atoms with Gasteiger partial charge in [-0.05, 0) is 26.2 Å². The molecule has 0 aromatic heterocycles. The van der Waals surface area contributed by atoms with Gasteiger partial charge in [0.2, 0.25) is 5.91 Å². The SMILES string of the molecule is CCOC(CCNC(=O)[C@H](C)N)C(C)C. The lowest BCUT2D eigenvalue weighted by molar-refractivity contribution is -0.122. The van der Waals surface area contributed by atoms with E-state index in [1.165, 1.54) is 0 Å². The van der Waals surface area contributed by atoms with Gasteiger partial charge in [-0.15, -0.1) is 0 Å². The van der Waals surface area contributed by atoms with E-state index < -0.39 is 6.04 Å². The van der Waals surface area contributed by atoms with E-state index in [0.29, 0.717) is 19.1 Å². The maximum absolute atomic E-state index is 11.2. The molecular formula is C11H24N2O2. The highest BCUT2D eigenvalue weighted by molar-refractivity contribution is 5.80. The Bertz CT molecular complexity index is 181. The Morgan fingerprint density at radius 2 is 2.00 bits per heavy atom. The fourth-order valence-electron chi connectivity index (χ4n) is 1.32. The van der Waals surface area contributed by atoms with Crippen LogP contribution in [0, 0.1) is 5.92 Å². The molecule has 0 aromatic carbocycles. The van der Waals surface area contributed by atoms with Crippen LogP contribution in [0.25, 0.3) is 0 Å². The van der Waals surface area contributed by atoms with E-state index in [1.807, 2.05) is 6.92 Å². The molecule has 15 heavy (non-hydrogen) atoms. The van der Waals surface area contributed by atoms with Gasteiger partial charge in [0, 0.05) is 13.2 Å². The molecule has 0 aromatic rings. The molecule has 1 amide bonds. The van der Waals surface area contributed by atoms with Crippen molar-refractivity contribution < 1.29 is 9.53 Å². The van der Waals surface area contributed by atoms with Gasteiger partial charge in [-0.25, -0.2) is 0 Å². The topological polar surface area (TPSA) is 64.3 Å². The van der Waals surface area contributed by atoms with Crippen molar-refractivity contribution >= 4 is 5.91 Å². The standard InChI is InChI=1S/C11H24N2O2/c1-5-15-10(8(2)3)6-7-13-11(14)9(4)12/h8-10H,5-7,12H2,1-4H3,(H,13,14)/t9-,10?/m0/s1. The number of carbonyl (C=O) groups is 1. The summed E-state index contributed by atoms with van der Waals surface area (Å²) in [5, 5.41) is 2.78. The summed E-state index contributed by atoms with van der Waals surface area (Å²) in [5.74, 6) is 0.367. The second kappa shape index (κ2) is 7.65. The lowest BCUT2D eigenvalue weighted by Crippen LogP contribution is -2.40. The third kappa shape index (κ3) is 6.47. The minimum Gasteiger partial charge on any atom is -0.378 e. The fourth-order valence-corrected chi connectivity index (χ4v) is 1.32. The van der Waals surface area contributed by atoms with Gasteiger partial charge in [0.05, 0.1) is 12.1 Å². The van der Waals surface area contributed by atoms with Crippen molar-refractivity contribution in [2.24, 2.45) is 11.7 Å². The minimum absolute atomic E-state index is 0.103. The van der Waals surface area contributed by atoms with Crippen LogP contribution in [0.1, 0.15) is 34.1 Å². The average molecular weight is 216 g/mol. The molecule has 0 radical (unpaired) electrons. The Labute approximate surface area is 92.6 Å². The first-order valence-electron chi connectivity index (χ1n) is 5.63. The minimum atomic E-state index is -0.436. The van der Waals surface area contributed by atoms with Crippen LogP contribution in [0.2, 0.25) is 0 Å². The van der Waals surface area contributed by atoms with Gasteiger partial charge in [0.15, 0.2) is 0 Å². The van der Waals surface area contributed by atoms with E-state index in [1.54, 1.807) is 6.92 Å². The summed E-state index contributed by atoms with van der Waals surface area (Å²) < 4.78 is 5.56. The lowest BCUT2D eigenvalue weighted by atomic mass is 10.0. The van der Waals surface area contributed by atoms with Crippen molar-refractivity contribution in [1.82, 2.24) is 5.32 Å². The monoisotopic (exact) mass is 216 g/mol. The van der Waals surface area contributed by atoms with Gasteiger partial charge < -0.3 is 15.8 Å². The molecule has 2 atom stereocenters. The number of rotatable bonds is 7. The first-order chi connectivity index (χ1) is 6.99. The third-order valence-electron chi connectivity index (χ3n) is 2.27. The smallest absolute Gasteiger partial charge is 0.236 e. The van der Waals surface area contributed by atoms with Crippen molar-refractivity contribution in [3.63, 3.8) is 0 Å². The highest BCUT2D eigenvalue weighted by atomic mass is 16.5. The maximum atomic E-state index is 11.2. The molecule has 3 N–H and O–H groups in total. The van der Waals surface area contributed by atoms with Crippen molar-refractivity contribution in [3.05, 3.63) is 0 Å². The van der Waals surface area contributed by atoms with Crippen molar-refractivity contribution in [2.75, 3.05) is 13.2 Å². The van der Waals surface area contributed by atoms with Crippen molar-refractivity contribution in [3.8, 4) is 0 Å². The molecule has 0 rings (SSSR count). The summed E-state index contributed by atoms with van der Waals surface area (Å²) in [6, 6.07) is -0.436. The van der Waals surface area contributed by atoms with E-state index in [4.69, 9.17) is 10.5 Å². The van der Waals surface area contributed by atoms with Gasteiger partial charge in [0.25, 0.3) is 0 Å². The summed E-state index contributed by atoms with van der Waals surface area (Å²) in [4.78, 5) is 11.2. The van der Waals surface area contributed by atoms with Crippen LogP contribution in [0.3, 0.4) is 0 Å². The zero-order valence-corrected chi connectivity index (χ0v) is 10.2. The molecule has 0 saturated heterocycles. The second-order valence-electron chi connectivity index (χ2n) is 4.11. The second-order valence-corrected chi connectivity index (χ2v) is 4.11. The Balaban J connectivity index is 3.75. The van der Waals surface area contributed by atoms with E-state index in [9.17, 15) is 4.79 Å². The molecule has 4 heteroatoms. The van der Waals surface area contributed by atoms with Crippen molar-refractivity contribution in [2.45, 2.75) is 46.3 Å². The van der Waals surface area contributed by atoms with Gasteiger partial charge in [-0.3, -0.25) is 4.79 Å². The molecule has 0 spiro atoms. The molecule has 0 fully saturated rings. The Hall–Kier alpha value is -0.610. The number of hydrogen-bond donors (Lipinski definition) is 2. The van der Waals surface area contributed by atoms with Gasteiger partial charge >= 0.3 is 0 Å². The van der Waals surface area contributed by atoms with E-state index >= 15 is 0 Å². The Morgan fingerprint density at radius 1 is 1.40 bits per heavy atom. The summed E-state index contributed by atoms with van der Waals surface area (Å²) in [7, 11) is 0. The largest absolute Gasteiger partial charge is 0.378 e. The highest BCUT2D eigenvalue weighted by Crippen LogP contribution is 2.09. The summed E-state index contributed by atoms with van der Waals surface area (Å²) in [6.07, 6.45) is 1.05. The molecule has 0 heterocycles. The summed E-state index contributed by atoms with van der Waals surface area (Å²) >= 11 is 0. The highest BCUT2D eigenvalue weighted by Gasteiger charge is 2.14. The predicted octanol–water partition coefficient (Wildman–Crippen LogP) is 0.901. The molecule has 90 valence electrons. The van der Waals surface area contributed by atoms with Crippen LogP contribution >= 0.6 is 0 Å². The number of amides is 1. The molecule has 0 aliphatic carbocycles. The Kier molecular flexibility index (Phi) is 7.34. The van der Waals surface area contributed by atoms with E-state index in [-0.39, 0.29) is 12.0 Å². The van der Waals surface area contributed by atoms with Crippen LogP contribution < -0.4 is 11.1 Å². The number of ether oxygens (including phenoxy) is 1. The molecule has 1 unspecified atom stereocenters. The fraction of sp³-hybridized carbons (Fsp3) is 0.909. The van der Waals surface area contributed by atoms with Crippen LogP contribution in [-0.2, 0) is 9.53 Å². The van der Waals surface area contributed by atoms with Gasteiger partial charge in [-0.1, -0.05) is 13.8 Å². The van der Waals surface area contributed by atoms with E-state index in [2.05, 4.69) is 19.2 Å². The van der Waals surface area contributed by atoms with Gasteiger partial charge in [0.1, 0.15) is 0 Å². The molecule has 4 nitrogen and oxygen atoms in total. The van der Waals surface area contributed by atoms with E-state index in [0.717, 1.165) is 6.42 Å². The summed E-state index contributed by atoms with van der Waals surface area (Å²) in [5.41, 5.74) is 5.43. The molecule has 0 saturated carbocycles. The predicted molar refractivity (Wildman–Crippen MR) is 61.5 cm³/mol. The number of nitrogens with two attached hydrogens (primary N) is 1. The maximum Gasteiger partial charge on any atom is 0.236 e. The van der Waals surface area contributed by atoms with Crippen molar-refractivity contribution in [1.29, 1.82) is 0 Å². The zero-order chi connectivity index (χ0) is 11.8. The normalized spacial score (nSPS) is 15.1. The summed E-state index contributed by atoms with van der Waals surface area (Å²) in [6.45, 7) is 9.24. The van der Waals surface area contributed by atoms with Crippen LogP contribution in [0.15, 0.2) is 0 Å². The quantitative estimate of drug-likeness (QED) is 0.664. The third-order valence-corrected chi connectivity index (χ3v) is 2.27. The molecule has 0 aliphatic heterocycles.